The van der Waals surface area contributed by atoms with Crippen LogP contribution in [0.3, 0.4) is 0 Å². The van der Waals surface area contributed by atoms with Gasteiger partial charge in [-0.1, -0.05) is 19.1 Å². The van der Waals surface area contributed by atoms with Crippen molar-refractivity contribution in [1.29, 1.82) is 0 Å². The smallest absolute Gasteiger partial charge is 0.282 e. The molecule has 0 radical (unpaired) electrons. The molecule has 1 saturated heterocycles. The van der Waals surface area contributed by atoms with Crippen LogP contribution in [0, 0.1) is 17.6 Å². The highest BCUT2D eigenvalue weighted by molar-refractivity contribution is 5.75. The van der Waals surface area contributed by atoms with E-state index < -0.39 is 64.2 Å². The van der Waals surface area contributed by atoms with Gasteiger partial charge in [-0.25, -0.2) is 26.3 Å². The summed E-state index contributed by atoms with van der Waals surface area (Å²) in [5, 5.41) is 0. The minimum absolute atomic E-state index is 0.00765. The number of fused-ring (bicyclic) bond motifs is 3. The van der Waals surface area contributed by atoms with Gasteiger partial charge in [-0.2, -0.15) is 0 Å². The van der Waals surface area contributed by atoms with Gasteiger partial charge < -0.3 is 14.2 Å². The normalized spacial score (nSPS) is 23.8. The first-order chi connectivity index (χ1) is 15.1. The molecule has 0 bridgehead atoms. The molecule has 1 aliphatic carbocycles. The van der Waals surface area contributed by atoms with Crippen LogP contribution in [0.15, 0.2) is 24.3 Å². The molecular formula is C23H22F6O3. The number of halogens is 6. The fourth-order valence-electron chi connectivity index (χ4n) is 4.18. The number of benzene rings is 2. The third kappa shape index (κ3) is 3.75. The van der Waals surface area contributed by atoms with Crippen LogP contribution < -0.4 is 4.74 Å². The summed E-state index contributed by atoms with van der Waals surface area (Å²) in [4.78, 5) is 0. The standard InChI is InChI=1S/C23H22F6O3/c1-3-12-9-31-21(32-10-12)15-6-5-13-14-7-8-16(30-4-2)20(25)18(14)23(28,29)11-22(26,27)17(13)19(15)24/h5-8,12,21H,3-4,9-11H2,1-2H3. The van der Waals surface area contributed by atoms with E-state index in [0.717, 1.165) is 30.7 Å². The number of rotatable bonds is 4. The Morgan fingerprint density at radius 2 is 1.44 bits per heavy atom. The number of ether oxygens (including phenoxy) is 3. The van der Waals surface area contributed by atoms with Crippen molar-refractivity contribution in [1.82, 2.24) is 0 Å². The van der Waals surface area contributed by atoms with E-state index in [2.05, 4.69) is 0 Å². The van der Waals surface area contributed by atoms with E-state index >= 15 is 13.2 Å². The lowest BCUT2D eigenvalue weighted by Crippen LogP contribution is -2.29. The molecule has 0 amide bonds. The number of hydrogen-bond donors (Lipinski definition) is 0. The first-order valence-electron chi connectivity index (χ1n) is 10.4. The Labute approximate surface area is 181 Å². The fourth-order valence-corrected chi connectivity index (χ4v) is 4.18. The molecule has 174 valence electrons. The average Bonchev–Trinajstić information content (AvgIpc) is 2.80. The van der Waals surface area contributed by atoms with Gasteiger partial charge in [0, 0.05) is 11.5 Å². The summed E-state index contributed by atoms with van der Waals surface area (Å²) in [7, 11) is 0. The molecule has 2 aliphatic rings. The zero-order valence-electron chi connectivity index (χ0n) is 17.5. The monoisotopic (exact) mass is 460 g/mol. The summed E-state index contributed by atoms with van der Waals surface area (Å²) in [6, 6.07) is 4.37. The van der Waals surface area contributed by atoms with Crippen LogP contribution in [0.1, 0.15) is 49.7 Å². The molecule has 0 atom stereocenters. The second-order valence-corrected chi connectivity index (χ2v) is 7.98. The molecule has 0 N–H and O–H groups in total. The van der Waals surface area contributed by atoms with Crippen molar-refractivity contribution in [2.45, 2.75) is 44.8 Å². The predicted octanol–water partition coefficient (Wildman–Crippen LogP) is 6.69. The molecule has 3 nitrogen and oxygen atoms in total. The van der Waals surface area contributed by atoms with Crippen molar-refractivity contribution in [3.05, 3.63) is 52.6 Å². The van der Waals surface area contributed by atoms with E-state index in [9.17, 15) is 13.2 Å². The Morgan fingerprint density at radius 1 is 0.875 bits per heavy atom. The molecular weight excluding hydrogens is 438 g/mol. The summed E-state index contributed by atoms with van der Waals surface area (Å²) in [6.45, 7) is 3.95. The van der Waals surface area contributed by atoms with Gasteiger partial charge in [0.15, 0.2) is 17.9 Å². The van der Waals surface area contributed by atoms with Crippen LogP contribution in [-0.2, 0) is 21.3 Å². The van der Waals surface area contributed by atoms with Gasteiger partial charge in [0.1, 0.15) is 5.82 Å². The van der Waals surface area contributed by atoms with Crippen molar-refractivity contribution in [3.8, 4) is 16.9 Å². The molecule has 0 aromatic heterocycles. The molecule has 1 aliphatic heterocycles. The Morgan fingerprint density at radius 3 is 2.00 bits per heavy atom. The second kappa shape index (κ2) is 8.26. The summed E-state index contributed by atoms with van der Waals surface area (Å²) in [5.74, 6) is -11.8. The Hall–Kier alpha value is -2.26. The summed E-state index contributed by atoms with van der Waals surface area (Å²) < 4.78 is 106. The van der Waals surface area contributed by atoms with Crippen molar-refractivity contribution >= 4 is 0 Å². The van der Waals surface area contributed by atoms with Crippen molar-refractivity contribution in [3.63, 3.8) is 0 Å². The third-order valence-corrected chi connectivity index (χ3v) is 5.84. The zero-order valence-corrected chi connectivity index (χ0v) is 17.5. The minimum Gasteiger partial charge on any atom is -0.491 e. The summed E-state index contributed by atoms with van der Waals surface area (Å²) in [5.41, 5.74) is -3.78. The van der Waals surface area contributed by atoms with E-state index in [1.807, 2.05) is 6.92 Å². The first kappa shape index (κ1) is 22.9. The molecule has 9 heteroatoms. The molecule has 4 rings (SSSR count). The minimum atomic E-state index is -4.28. The molecule has 0 saturated carbocycles. The highest BCUT2D eigenvalue weighted by Gasteiger charge is 2.54. The molecule has 2 aromatic carbocycles. The molecule has 0 spiro atoms. The van der Waals surface area contributed by atoms with Gasteiger partial charge in [-0.15, -0.1) is 0 Å². The SMILES string of the molecule is CCOc1ccc2c(c1F)C(F)(F)CC(F)(F)c1c-2ccc(C2OCC(CC)CO2)c1F. The maximum Gasteiger partial charge on any atom is 0.282 e. The fraction of sp³-hybridized carbons (Fsp3) is 0.478. The van der Waals surface area contributed by atoms with E-state index in [1.54, 1.807) is 0 Å². The lowest BCUT2D eigenvalue weighted by molar-refractivity contribution is -0.206. The highest BCUT2D eigenvalue weighted by atomic mass is 19.3. The zero-order chi connectivity index (χ0) is 23.3. The van der Waals surface area contributed by atoms with E-state index in [0.29, 0.717) is 0 Å². The Bertz CT molecular complexity index is 1020. The van der Waals surface area contributed by atoms with Gasteiger partial charge in [0.25, 0.3) is 11.8 Å². The van der Waals surface area contributed by atoms with Crippen LogP contribution in [0.25, 0.3) is 11.1 Å². The summed E-state index contributed by atoms with van der Waals surface area (Å²) in [6.07, 6.45) is -2.56. The van der Waals surface area contributed by atoms with E-state index in [4.69, 9.17) is 14.2 Å². The molecule has 0 unspecified atom stereocenters. The van der Waals surface area contributed by atoms with E-state index in [1.165, 1.54) is 6.92 Å². The maximum absolute atomic E-state index is 15.4. The second-order valence-electron chi connectivity index (χ2n) is 7.98. The first-order valence-corrected chi connectivity index (χ1v) is 10.4. The van der Waals surface area contributed by atoms with Crippen molar-refractivity contribution in [2.24, 2.45) is 5.92 Å². The van der Waals surface area contributed by atoms with Crippen LogP contribution in [0.2, 0.25) is 0 Å². The van der Waals surface area contributed by atoms with Crippen LogP contribution in [0.4, 0.5) is 26.3 Å². The molecule has 1 fully saturated rings. The quantitative estimate of drug-likeness (QED) is 0.476. The van der Waals surface area contributed by atoms with Gasteiger partial charge in [-0.05, 0) is 36.6 Å². The lowest BCUT2D eigenvalue weighted by atomic mass is 9.92. The highest BCUT2D eigenvalue weighted by Crippen LogP contribution is 2.55. The molecule has 1 heterocycles. The maximum atomic E-state index is 15.4. The lowest BCUT2D eigenvalue weighted by Gasteiger charge is -2.30. The third-order valence-electron chi connectivity index (χ3n) is 5.84. The predicted molar refractivity (Wildman–Crippen MR) is 104 cm³/mol. The molecule has 32 heavy (non-hydrogen) atoms. The average molecular weight is 460 g/mol. The van der Waals surface area contributed by atoms with Crippen molar-refractivity contribution in [2.75, 3.05) is 19.8 Å². The largest absolute Gasteiger partial charge is 0.491 e. The van der Waals surface area contributed by atoms with Gasteiger partial charge in [0.05, 0.1) is 37.4 Å². The molecule has 2 aromatic rings. The van der Waals surface area contributed by atoms with E-state index in [-0.39, 0.29) is 31.3 Å². The summed E-state index contributed by atoms with van der Waals surface area (Å²) >= 11 is 0. The van der Waals surface area contributed by atoms with Gasteiger partial charge in [0.2, 0.25) is 0 Å². The number of alkyl halides is 4. The van der Waals surface area contributed by atoms with Gasteiger partial charge in [-0.3, -0.25) is 0 Å². The Kier molecular flexibility index (Phi) is 5.92. The Balaban J connectivity index is 1.88. The van der Waals surface area contributed by atoms with Crippen LogP contribution >= 0.6 is 0 Å². The van der Waals surface area contributed by atoms with Crippen LogP contribution in [-0.4, -0.2) is 19.8 Å². The van der Waals surface area contributed by atoms with Gasteiger partial charge >= 0.3 is 0 Å². The topological polar surface area (TPSA) is 27.7 Å². The van der Waals surface area contributed by atoms with Crippen LogP contribution in [0.5, 0.6) is 5.75 Å². The number of hydrogen-bond acceptors (Lipinski definition) is 3. The van der Waals surface area contributed by atoms with Crippen molar-refractivity contribution < 1.29 is 40.6 Å².